The highest BCUT2D eigenvalue weighted by Crippen LogP contribution is 2.37. The fraction of sp³-hybridized carbons (Fsp3) is 0.444. The second-order valence-electron chi connectivity index (χ2n) is 9.24. The molecule has 1 N–H and O–H groups in total. The molecule has 8 heteroatoms. The van der Waals surface area contributed by atoms with Crippen LogP contribution in [0.1, 0.15) is 48.9 Å². The number of hydrogen-bond acceptors (Lipinski definition) is 5. The standard InChI is InChI=1S/C27H31FN2O5/c1-34-27(33)24-15-20(18-5-3-2-4-6-18)17-30(24)25(31)16-29-26(32)19-7-11-22(12-8-19)35-23-13-9-21(28)10-14-23/h7-14,18,20,24H,2-6,15-17H2,1H3,(H,29,32)/t20-,24-/m0/s1. The Kier molecular flexibility index (Phi) is 8.00. The van der Waals surface area contributed by atoms with E-state index in [0.717, 1.165) is 12.8 Å². The van der Waals surface area contributed by atoms with Crippen LogP contribution in [0.5, 0.6) is 11.5 Å². The normalized spacial score (nSPS) is 20.3. The lowest BCUT2D eigenvalue weighted by molar-refractivity contribution is -0.150. The molecule has 2 aromatic rings. The van der Waals surface area contributed by atoms with Crippen LogP contribution in [0.3, 0.4) is 0 Å². The number of carbonyl (C=O) groups is 3. The molecular formula is C27H31FN2O5. The molecular weight excluding hydrogens is 451 g/mol. The van der Waals surface area contributed by atoms with E-state index in [0.29, 0.717) is 35.9 Å². The average molecular weight is 483 g/mol. The van der Waals surface area contributed by atoms with E-state index in [4.69, 9.17) is 9.47 Å². The van der Waals surface area contributed by atoms with Crippen molar-refractivity contribution in [2.75, 3.05) is 20.2 Å². The minimum atomic E-state index is -0.598. The number of rotatable bonds is 7. The lowest BCUT2D eigenvalue weighted by atomic mass is 9.79. The van der Waals surface area contributed by atoms with Crippen LogP contribution >= 0.6 is 0 Å². The van der Waals surface area contributed by atoms with Gasteiger partial charge in [0.2, 0.25) is 5.91 Å². The van der Waals surface area contributed by atoms with Crippen LogP contribution in [0.15, 0.2) is 48.5 Å². The van der Waals surface area contributed by atoms with E-state index >= 15 is 0 Å². The van der Waals surface area contributed by atoms with Gasteiger partial charge in [0.15, 0.2) is 0 Å². The molecule has 7 nitrogen and oxygen atoms in total. The SMILES string of the molecule is COC(=O)[C@@H]1C[C@H](C2CCCCC2)CN1C(=O)CNC(=O)c1ccc(Oc2ccc(F)cc2)cc1. The Bertz CT molecular complexity index is 1030. The first-order valence-corrected chi connectivity index (χ1v) is 12.1. The van der Waals surface area contributed by atoms with Gasteiger partial charge in [0.1, 0.15) is 23.4 Å². The number of hydrogen-bond donors (Lipinski definition) is 1. The maximum atomic E-state index is 13.0. The molecule has 1 aliphatic carbocycles. The minimum Gasteiger partial charge on any atom is -0.467 e. The van der Waals surface area contributed by atoms with Crippen molar-refractivity contribution in [3.8, 4) is 11.5 Å². The number of carbonyl (C=O) groups excluding carboxylic acids is 3. The molecule has 1 saturated carbocycles. The van der Waals surface area contributed by atoms with Crippen LogP contribution in [0.2, 0.25) is 0 Å². The highest BCUT2D eigenvalue weighted by molar-refractivity contribution is 5.97. The Morgan fingerprint density at radius 2 is 1.57 bits per heavy atom. The van der Waals surface area contributed by atoms with Crippen molar-refractivity contribution in [2.24, 2.45) is 11.8 Å². The van der Waals surface area contributed by atoms with Crippen molar-refractivity contribution >= 4 is 17.8 Å². The lowest BCUT2D eigenvalue weighted by Crippen LogP contribution is -2.46. The zero-order valence-corrected chi connectivity index (χ0v) is 19.9. The van der Waals surface area contributed by atoms with Crippen LogP contribution in [0.4, 0.5) is 4.39 Å². The maximum Gasteiger partial charge on any atom is 0.328 e. The topological polar surface area (TPSA) is 84.9 Å². The molecule has 0 unspecified atom stereocenters. The average Bonchev–Trinajstić information content (AvgIpc) is 3.35. The fourth-order valence-corrected chi connectivity index (χ4v) is 5.12. The van der Waals surface area contributed by atoms with E-state index in [-0.39, 0.29) is 24.2 Å². The molecule has 1 heterocycles. The predicted octanol–water partition coefficient (Wildman–Crippen LogP) is 4.32. The first kappa shape index (κ1) is 24.7. The van der Waals surface area contributed by atoms with E-state index in [1.165, 1.54) is 50.6 Å². The molecule has 0 aromatic heterocycles. The summed E-state index contributed by atoms with van der Waals surface area (Å²) in [6.07, 6.45) is 6.53. The van der Waals surface area contributed by atoms with Crippen LogP contribution in [-0.2, 0) is 14.3 Å². The first-order valence-electron chi connectivity index (χ1n) is 12.1. The summed E-state index contributed by atoms with van der Waals surface area (Å²) in [6, 6.07) is 11.5. The summed E-state index contributed by atoms with van der Waals surface area (Å²) in [6.45, 7) is 0.325. The van der Waals surface area contributed by atoms with Crippen molar-refractivity contribution in [1.29, 1.82) is 0 Å². The Labute approximate surface area is 204 Å². The number of ether oxygens (including phenoxy) is 2. The van der Waals surface area contributed by atoms with E-state index in [1.807, 2.05) is 0 Å². The Morgan fingerprint density at radius 3 is 2.20 bits per heavy atom. The first-order chi connectivity index (χ1) is 16.9. The number of esters is 1. The summed E-state index contributed by atoms with van der Waals surface area (Å²) in [5.41, 5.74) is 0.371. The number of nitrogens with one attached hydrogen (secondary N) is 1. The summed E-state index contributed by atoms with van der Waals surface area (Å²) in [5, 5.41) is 2.66. The molecule has 0 spiro atoms. The van der Waals surface area contributed by atoms with Crippen molar-refractivity contribution in [1.82, 2.24) is 10.2 Å². The van der Waals surface area contributed by atoms with Gasteiger partial charge in [-0.05, 0) is 66.8 Å². The molecule has 186 valence electrons. The van der Waals surface area contributed by atoms with Gasteiger partial charge in [-0.15, -0.1) is 0 Å². The second-order valence-corrected chi connectivity index (χ2v) is 9.24. The quantitative estimate of drug-likeness (QED) is 0.595. The molecule has 2 aromatic carbocycles. The number of likely N-dealkylation sites (tertiary alicyclic amines) is 1. The van der Waals surface area contributed by atoms with Gasteiger partial charge in [0, 0.05) is 12.1 Å². The van der Waals surface area contributed by atoms with E-state index < -0.39 is 17.9 Å². The molecule has 0 radical (unpaired) electrons. The van der Waals surface area contributed by atoms with Crippen LogP contribution < -0.4 is 10.1 Å². The summed E-state index contributed by atoms with van der Waals surface area (Å²) in [4.78, 5) is 39.5. The fourth-order valence-electron chi connectivity index (χ4n) is 5.12. The molecule has 0 bridgehead atoms. The lowest BCUT2D eigenvalue weighted by Gasteiger charge is -2.27. The second kappa shape index (κ2) is 11.3. The van der Waals surface area contributed by atoms with Crippen molar-refractivity contribution in [2.45, 2.75) is 44.6 Å². The molecule has 1 saturated heterocycles. The summed E-state index contributed by atoms with van der Waals surface area (Å²) in [7, 11) is 1.34. The van der Waals surface area contributed by atoms with Gasteiger partial charge in [0.25, 0.3) is 5.91 Å². The van der Waals surface area contributed by atoms with Gasteiger partial charge < -0.3 is 19.7 Å². The molecule has 2 aliphatic rings. The van der Waals surface area contributed by atoms with Crippen molar-refractivity contribution < 1.29 is 28.2 Å². The van der Waals surface area contributed by atoms with Gasteiger partial charge >= 0.3 is 5.97 Å². The Morgan fingerprint density at radius 1 is 0.943 bits per heavy atom. The van der Waals surface area contributed by atoms with Crippen LogP contribution in [0.25, 0.3) is 0 Å². The maximum absolute atomic E-state index is 13.0. The largest absolute Gasteiger partial charge is 0.467 e. The zero-order chi connectivity index (χ0) is 24.8. The van der Waals surface area contributed by atoms with Crippen molar-refractivity contribution in [3.05, 3.63) is 59.9 Å². The van der Waals surface area contributed by atoms with Gasteiger partial charge in [-0.3, -0.25) is 9.59 Å². The molecule has 35 heavy (non-hydrogen) atoms. The van der Waals surface area contributed by atoms with Crippen LogP contribution in [-0.4, -0.2) is 48.9 Å². The van der Waals surface area contributed by atoms with Gasteiger partial charge in [-0.25, -0.2) is 9.18 Å². The number of amides is 2. The molecule has 4 rings (SSSR count). The minimum absolute atomic E-state index is 0.197. The highest BCUT2D eigenvalue weighted by atomic mass is 19.1. The van der Waals surface area contributed by atoms with E-state index in [9.17, 15) is 18.8 Å². The van der Waals surface area contributed by atoms with E-state index in [2.05, 4.69) is 5.32 Å². The summed E-state index contributed by atoms with van der Waals surface area (Å²) in [5.74, 6) is 0.344. The molecule has 2 atom stereocenters. The highest BCUT2D eigenvalue weighted by Gasteiger charge is 2.42. The molecule has 2 fully saturated rings. The molecule has 1 aliphatic heterocycles. The molecule has 2 amide bonds. The van der Waals surface area contributed by atoms with Gasteiger partial charge in [-0.1, -0.05) is 32.1 Å². The summed E-state index contributed by atoms with van der Waals surface area (Å²) < 4.78 is 23.6. The number of methoxy groups -OCH3 is 1. The van der Waals surface area contributed by atoms with Crippen LogP contribution in [0, 0.1) is 17.7 Å². The number of benzene rings is 2. The third-order valence-corrected chi connectivity index (χ3v) is 7.01. The summed E-state index contributed by atoms with van der Waals surface area (Å²) >= 11 is 0. The Balaban J connectivity index is 1.32. The number of halogens is 1. The van der Waals surface area contributed by atoms with Crippen molar-refractivity contribution in [3.63, 3.8) is 0 Å². The third-order valence-electron chi connectivity index (χ3n) is 7.01. The van der Waals surface area contributed by atoms with Gasteiger partial charge in [0.05, 0.1) is 13.7 Å². The number of nitrogens with zero attached hydrogens (tertiary/aromatic N) is 1. The third kappa shape index (κ3) is 6.18. The smallest absolute Gasteiger partial charge is 0.328 e. The zero-order valence-electron chi connectivity index (χ0n) is 19.9. The van der Waals surface area contributed by atoms with E-state index in [1.54, 1.807) is 29.2 Å². The monoisotopic (exact) mass is 482 g/mol. The van der Waals surface area contributed by atoms with Gasteiger partial charge in [-0.2, -0.15) is 0 Å². The predicted molar refractivity (Wildman–Crippen MR) is 127 cm³/mol. The Hall–Kier alpha value is -3.42.